The van der Waals surface area contributed by atoms with Crippen molar-refractivity contribution in [3.8, 4) is 6.07 Å². The first-order valence-corrected chi connectivity index (χ1v) is 6.40. The second-order valence-electron chi connectivity index (χ2n) is 3.86. The van der Waals surface area contributed by atoms with Crippen LogP contribution in [0.5, 0.6) is 0 Å². The van der Waals surface area contributed by atoms with Crippen molar-refractivity contribution in [3.63, 3.8) is 0 Å². The van der Waals surface area contributed by atoms with Crippen LogP contribution in [0.4, 0.5) is 0 Å². The summed E-state index contributed by atoms with van der Waals surface area (Å²) >= 11 is 1.98. The molecule has 0 saturated heterocycles. The van der Waals surface area contributed by atoms with Crippen LogP contribution in [-0.4, -0.2) is 9.55 Å². The molecule has 0 N–H and O–H groups in total. The molecule has 0 aliphatic carbocycles. The predicted octanol–water partition coefficient (Wildman–Crippen LogP) is 2.08. The summed E-state index contributed by atoms with van der Waals surface area (Å²) in [5.74, 6) is 0.669. The fourth-order valence-electron chi connectivity index (χ4n) is 1.66. The van der Waals surface area contributed by atoms with Crippen molar-refractivity contribution in [1.29, 1.82) is 5.26 Å². The third-order valence-corrected chi connectivity index (χ3v) is 3.34. The molecule has 2 aromatic rings. The molecule has 18 heavy (non-hydrogen) atoms. The monoisotopic (exact) mass is 351 g/mol. The molecular weight excluding hydrogens is 341 g/mol. The summed E-state index contributed by atoms with van der Waals surface area (Å²) in [6.45, 7) is 2.23. The molecule has 90 valence electrons. The maximum absolute atomic E-state index is 12.0. The molecule has 0 bridgehead atoms. The van der Waals surface area contributed by atoms with E-state index in [9.17, 15) is 4.79 Å². The summed E-state index contributed by atoms with van der Waals surface area (Å²) < 4.78 is 2.20. The molecule has 0 atom stereocenters. The van der Waals surface area contributed by atoms with Crippen LogP contribution in [0, 0.1) is 21.8 Å². The van der Waals surface area contributed by atoms with E-state index in [2.05, 4.69) is 11.1 Å². The number of halogens is 1. The highest BCUT2D eigenvalue weighted by molar-refractivity contribution is 14.1. The Hall–Kier alpha value is -1.68. The van der Waals surface area contributed by atoms with Gasteiger partial charge in [0.05, 0.1) is 21.7 Å². The van der Waals surface area contributed by atoms with Crippen LogP contribution in [-0.2, 0) is 6.54 Å². The Morgan fingerprint density at radius 3 is 3.00 bits per heavy atom. The molecule has 0 saturated carbocycles. The molecule has 0 amide bonds. The van der Waals surface area contributed by atoms with Crippen molar-refractivity contribution in [2.75, 3.05) is 0 Å². The van der Waals surface area contributed by atoms with Crippen LogP contribution in [0.1, 0.15) is 17.0 Å². The van der Waals surface area contributed by atoms with Gasteiger partial charge in [0.1, 0.15) is 5.82 Å². The molecule has 0 fully saturated rings. The smallest absolute Gasteiger partial charge is 0.267 e. The van der Waals surface area contributed by atoms with E-state index >= 15 is 0 Å². The highest BCUT2D eigenvalue weighted by atomic mass is 127. The van der Waals surface area contributed by atoms with Crippen LogP contribution in [0.2, 0.25) is 0 Å². The van der Waals surface area contributed by atoms with Gasteiger partial charge in [-0.05, 0) is 47.2 Å². The van der Waals surface area contributed by atoms with Gasteiger partial charge in [0.2, 0.25) is 0 Å². The molecule has 0 aliphatic rings. The zero-order valence-corrected chi connectivity index (χ0v) is 11.9. The van der Waals surface area contributed by atoms with Crippen LogP contribution in [0.25, 0.3) is 0 Å². The number of aromatic nitrogens is 2. The van der Waals surface area contributed by atoms with Crippen molar-refractivity contribution in [1.82, 2.24) is 9.55 Å². The van der Waals surface area contributed by atoms with Gasteiger partial charge >= 0.3 is 0 Å². The average Bonchev–Trinajstić information content (AvgIpc) is 2.39. The molecule has 1 heterocycles. The standard InChI is InChI=1S/C13H10IN3O/c1-9-16-7-12(14)13(18)17(9)8-11-4-2-3-10(5-11)6-15/h2-5,7H,8H2,1H3. The topological polar surface area (TPSA) is 58.7 Å². The van der Waals surface area contributed by atoms with E-state index in [0.717, 1.165) is 5.56 Å². The zero-order valence-electron chi connectivity index (χ0n) is 9.72. The molecule has 0 radical (unpaired) electrons. The van der Waals surface area contributed by atoms with E-state index in [1.165, 1.54) is 0 Å². The molecule has 0 unspecified atom stereocenters. The number of rotatable bonds is 2. The van der Waals surface area contributed by atoms with Gasteiger partial charge in [-0.25, -0.2) is 4.98 Å². The van der Waals surface area contributed by atoms with Gasteiger partial charge in [-0.3, -0.25) is 9.36 Å². The molecule has 2 rings (SSSR count). The normalized spacial score (nSPS) is 10.1. The lowest BCUT2D eigenvalue weighted by Crippen LogP contribution is -2.26. The average molecular weight is 351 g/mol. The largest absolute Gasteiger partial charge is 0.292 e. The summed E-state index contributed by atoms with van der Waals surface area (Å²) in [4.78, 5) is 16.2. The number of hydrogen-bond donors (Lipinski definition) is 0. The Morgan fingerprint density at radius 2 is 2.28 bits per heavy atom. The summed E-state index contributed by atoms with van der Waals surface area (Å²) in [6, 6.07) is 9.33. The van der Waals surface area contributed by atoms with Gasteiger partial charge in [0, 0.05) is 6.20 Å². The Kier molecular flexibility index (Phi) is 3.77. The quantitative estimate of drug-likeness (QED) is 0.779. The van der Waals surface area contributed by atoms with Crippen molar-refractivity contribution in [2.24, 2.45) is 0 Å². The summed E-state index contributed by atoms with van der Waals surface area (Å²) in [7, 11) is 0. The fraction of sp³-hybridized carbons (Fsp3) is 0.154. The van der Waals surface area contributed by atoms with E-state index in [-0.39, 0.29) is 5.56 Å². The van der Waals surface area contributed by atoms with Crippen molar-refractivity contribution in [2.45, 2.75) is 13.5 Å². The third kappa shape index (κ3) is 2.59. The van der Waals surface area contributed by atoms with E-state index in [1.54, 1.807) is 29.8 Å². The third-order valence-electron chi connectivity index (χ3n) is 2.60. The van der Waals surface area contributed by atoms with Crippen LogP contribution in [0.3, 0.4) is 0 Å². The SMILES string of the molecule is Cc1ncc(I)c(=O)n1Cc1cccc(C#N)c1. The molecule has 5 heteroatoms. The molecule has 0 aliphatic heterocycles. The van der Waals surface area contributed by atoms with Crippen LogP contribution >= 0.6 is 22.6 Å². The minimum absolute atomic E-state index is 0.0505. The molecule has 1 aromatic carbocycles. The highest BCUT2D eigenvalue weighted by Crippen LogP contribution is 2.07. The van der Waals surface area contributed by atoms with E-state index < -0.39 is 0 Å². The van der Waals surface area contributed by atoms with Gasteiger partial charge in [-0.1, -0.05) is 12.1 Å². The fourth-order valence-corrected chi connectivity index (χ4v) is 2.09. The van der Waals surface area contributed by atoms with Gasteiger partial charge in [0.25, 0.3) is 5.56 Å². The molecule has 0 spiro atoms. The first kappa shape index (κ1) is 12.8. The Bertz CT molecular complexity index is 685. The lowest BCUT2D eigenvalue weighted by Gasteiger charge is -2.09. The van der Waals surface area contributed by atoms with Gasteiger partial charge < -0.3 is 0 Å². The van der Waals surface area contributed by atoms with E-state index in [0.29, 0.717) is 21.5 Å². The summed E-state index contributed by atoms with van der Waals surface area (Å²) in [5, 5.41) is 8.85. The Morgan fingerprint density at radius 1 is 1.50 bits per heavy atom. The van der Waals surface area contributed by atoms with Gasteiger partial charge in [-0.15, -0.1) is 0 Å². The highest BCUT2D eigenvalue weighted by Gasteiger charge is 2.06. The number of nitriles is 1. The van der Waals surface area contributed by atoms with Crippen molar-refractivity contribution in [3.05, 3.63) is 61.3 Å². The lowest BCUT2D eigenvalue weighted by atomic mass is 10.1. The van der Waals surface area contributed by atoms with Crippen LogP contribution < -0.4 is 5.56 Å². The summed E-state index contributed by atoms with van der Waals surface area (Å²) in [5.41, 5.74) is 1.46. The summed E-state index contributed by atoms with van der Waals surface area (Å²) in [6.07, 6.45) is 1.57. The maximum Gasteiger partial charge on any atom is 0.267 e. The number of hydrogen-bond acceptors (Lipinski definition) is 3. The lowest BCUT2D eigenvalue weighted by molar-refractivity contribution is 0.695. The number of aryl methyl sites for hydroxylation is 1. The van der Waals surface area contributed by atoms with Crippen molar-refractivity contribution < 1.29 is 0 Å². The molecule has 1 aromatic heterocycles. The Labute approximate surface area is 118 Å². The molecule has 4 nitrogen and oxygen atoms in total. The second-order valence-corrected chi connectivity index (χ2v) is 5.02. The van der Waals surface area contributed by atoms with E-state index in [1.807, 2.05) is 34.7 Å². The first-order chi connectivity index (χ1) is 8.61. The minimum atomic E-state index is -0.0505. The maximum atomic E-state index is 12.0. The van der Waals surface area contributed by atoms with Gasteiger partial charge in [-0.2, -0.15) is 5.26 Å². The van der Waals surface area contributed by atoms with Crippen molar-refractivity contribution >= 4 is 22.6 Å². The van der Waals surface area contributed by atoms with Gasteiger partial charge in [0.15, 0.2) is 0 Å². The second kappa shape index (κ2) is 5.31. The van der Waals surface area contributed by atoms with E-state index in [4.69, 9.17) is 5.26 Å². The molecular formula is C13H10IN3O. The first-order valence-electron chi connectivity index (χ1n) is 5.33. The zero-order chi connectivity index (χ0) is 13.1. The number of nitrogens with zero attached hydrogens (tertiary/aromatic N) is 3. The minimum Gasteiger partial charge on any atom is -0.292 e. The van der Waals surface area contributed by atoms with Crippen LogP contribution in [0.15, 0.2) is 35.3 Å². The predicted molar refractivity (Wildman–Crippen MR) is 76.2 cm³/mol. The Balaban J connectivity index is 2.43. The number of benzene rings is 1.